The van der Waals surface area contributed by atoms with E-state index in [1.54, 1.807) is 0 Å². The molecule has 0 unspecified atom stereocenters. The number of anilines is 1. The van der Waals surface area contributed by atoms with Crippen molar-refractivity contribution in [1.82, 2.24) is 9.97 Å². The normalized spacial score (nSPS) is 10.9. The highest BCUT2D eigenvalue weighted by molar-refractivity contribution is 5.33. The number of aromatic nitrogens is 2. The first-order valence-corrected chi connectivity index (χ1v) is 8.54. The van der Waals surface area contributed by atoms with Crippen molar-refractivity contribution < 1.29 is 0 Å². The molecule has 1 N–H and O–H groups in total. The molecule has 0 aliphatic heterocycles. The minimum atomic E-state index is 0.0619. The number of unbranched alkanes of at least 4 members (excludes halogenated alkanes) is 3. The number of hydrogen-bond acceptors (Lipinski definition) is 3. The van der Waals surface area contributed by atoms with Gasteiger partial charge in [-0.05, 0) is 39.5 Å². The molecular weight excluding hydrogens is 262 g/mol. The summed E-state index contributed by atoms with van der Waals surface area (Å²) in [7, 11) is 0. The van der Waals surface area contributed by atoms with E-state index in [2.05, 4.69) is 37.6 Å². The molecule has 0 atom stereocenters. The minimum absolute atomic E-state index is 0.0619. The van der Waals surface area contributed by atoms with Gasteiger partial charge in [-0.3, -0.25) is 9.78 Å². The van der Waals surface area contributed by atoms with Gasteiger partial charge in [0.15, 0.2) is 0 Å². The third-order valence-electron chi connectivity index (χ3n) is 3.95. The highest BCUT2D eigenvalue weighted by atomic mass is 16.1. The molecule has 1 rings (SSSR count). The smallest absolute Gasteiger partial charge is 0.255 e. The lowest BCUT2D eigenvalue weighted by Gasteiger charge is -2.20. The van der Waals surface area contributed by atoms with Crippen LogP contribution in [0.4, 0.5) is 5.95 Å². The molecular formula is C17H31N3O. The topological polar surface area (TPSA) is 49.0 Å². The molecule has 4 heteroatoms. The zero-order valence-electron chi connectivity index (χ0n) is 14.2. The summed E-state index contributed by atoms with van der Waals surface area (Å²) in [5, 5.41) is 0. The van der Waals surface area contributed by atoms with Crippen LogP contribution >= 0.6 is 0 Å². The van der Waals surface area contributed by atoms with E-state index in [9.17, 15) is 4.79 Å². The molecule has 120 valence electrons. The van der Waals surface area contributed by atoms with Crippen molar-refractivity contribution in [3.63, 3.8) is 0 Å². The van der Waals surface area contributed by atoms with Gasteiger partial charge in [0.1, 0.15) is 0 Å². The van der Waals surface area contributed by atoms with Crippen LogP contribution < -0.4 is 10.5 Å². The van der Waals surface area contributed by atoms with Crippen molar-refractivity contribution in [1.29, 1.82) is 0 Å². The average molecular weight is 293 g/mol. The van der Waals surface area contributed by atoms with Crippen molar-refractivity contribution in [2.45, 2.75) is 72.6 Å². The summed E-state index contributed by atoms with van der Waals surface area (Å²) < 4.78 is 0. The van der Waals surface area contributed by atoms with Crippen LogP contribution in [-0.4, -0.2) is 23.1 Å². The third kappa shape index (κ3) is 5.18. The molecule has 0 aliphatic carbocycles. The second kappa shape index (κ2) is 9.59. The van der Waals surface area contributed by atoms with Crippen molar-refractivity contribution in [2.24, 2.45) is 0 Å². The Morgan fingerprint density at radius 2 is 1.62 bits per heavy atom. The van der Waals surface area contributed by atoms with Crippen LogP contribution in [0.3, 0.4) is 0 Å². The molecule has 0 fully saturated rings. The van der Waals surface area contributed by atoms with Gasteiger partial charge in [-0.25, -0.2) is 4.98 Å². The zero-order valence-corrected chi connectivity index (χ0v) is 14.2. The van der Waals surface area contributed by atoms with E-state index in [-0.39, 0.29) is 5.56 Å². The Bertz CT molecular complexity index is 464. The molecule has 0 amide bonds. The van der Waals surface area contributed by atoms with Gasteiger partial charge < -0.3 is 4.90 Å². The number of nitrogens with zero attached hydrogens (tertiary/aromatic N) is 2. The van der Waals surface area contributed by atoms with Gasteiger partial charge in [0.2, 0.25) is 5.95 Å². The number of hydrogen-bond donors (Lipinski definition) is 1. The zero-order chi connectivity index (χ0) is 15.7. The van der Waals surface area contributed by atoms with Crippen molar-refractivity contribution >= 4 is 5.95 Å². The number of nitrogens with one attached hydrogen (secondary N) is 1. The van der Waals surface area contributed by atoms with E-state index < -0.39 is 0 Å². The summed E-state index contributed by atoms with van der Waals surface area (Å²) in [6.45, 7) is 10.3. The summed E-state index contributed by atoms with van der Waals surface area (Å²) in [4.78, 5) is 22.3. The maximum atomic E-state index is 12.4. The van der Waals surface area contributed by atoms with Crippen LogP contribution in [0.5, 0.6) is 0 Å². The average Bonchev–Trinajstić information content (AvgIpc) is 2.48. The SMILES string of the molecule is CCCCCc1nc(N(CC)CC)[nH]c(=O)c1CCCC. The Kier molecular flexibility index (Phi) is 8.09. The third-order valence-corrected chi connectivity index (χ3v) is 3.95. The summed E-state index contributed by atoms with van der Waals surface area (Å²) in [6, 6.07) is 0. The lowest BCUT2D eigenvalue weighted by Crippen LogP contribution is -2.29. The Hall–Kier alpha value is -1.32. The molecule has 1 heterocycles. The predicted molar refractivity (Wildman–Crippen MR) is 90.3 cm³/mol. The Morgan fingerprint density at radius 1 is 0.952 bits per heavy atom. The quantitative estimate of drug-likeness (QED) is 0.669. The fourth-order valence-electron chi connectivity index (χ4n) is 2.56. The Morgan fingerprint density at radius 3 is 2.19 bits per heavy atom. The Labute approximate surface area is 129 Å². The van der Waals surface area contributed by atoms with Gasteiger partial charge in [-0.15, -0.1) is 0 Å². The number of aromatic amines is 1. The van der Waals surface area contributed by atoms with Crippen LogP contribution in [0, 0.1) is 0 Å². The van der Waals surface area contributed by atoms with Gasteiger partial charge in [-0.1, -0.05) is 33.1 Å². The monoisotopic (exact) mass is 293 g/mol. The highest BCUT2D eigenvalue weighted by Gasteiger charge is 2.13. The van der Waals surface area contributed by atoms with Crippen molar-refractivity contribution in [3.8, 4) is 0 Å². The van der Waals surface area contributed by atoms with E-state index in [0.29, 0.717) is 0 Å². The molecule has 0 spiro atoms. The van der Waals surface area contributed by atoms with E-state index in [0.717, 1.165) is 62.4 Å². The van der Waals surface area contributed by atoms with Crippen molar-refractivity contribution in [2.75, 3.05) is 18.0 Å². The van der Waals surface area contributed by atoms with Gasteiger partial charge in [0, 0.05) is 18.7 Å². The van der Waals surface area contributed by atoms with Gasteiger partial charge in [0.25, 0.3) is 5.56 Å². The van der Waals surface area contributed by atoms with Crippen LogP contribution in [0.1, 0.15) is 71.1 Å². The first kappa shape index (κ1) is 17.7. The standard InChI is InChI=1S/C17H31N3O/c1-5-9-11-13-15-14(12-10-6-2)16(21)19-17(18-15)20(7-3)8-4/h5-13H2,1-4H3,(H,18,19,21). The fourth-order valence-corrected chi connectivity index (χ4v) is 2.56. The predicted octanol–water partition coefficient (Wildman–Crippen LogP) is 3.69. The maximum absolute atomic E-state index is 12.4. The lowest BCUT2D eigenvalue weighted by atomic mass is 10.0. The van der Waals surface area contributed by atoms with E-state index >= 15 is 0 Å². The molecule has 0 saturated carbocycles. The maximum Gasteiger partial charge on any atom is 0.255 e. The van der Waals surface area contributed by atoms with Crippen LogP contribution in [0.2, 0.25) is 0 Å². The number of aryl methyl sites for hydroxylation is 1. The molecule has 1 aromatic heterocycles. The van der Waals surface area contributed by atoms with Crippen LogP contribution in [-0.2, 0) is 12.8 Å². The van der Waals surface area contributed by atoms with E-state index in [4.69, 9.17) is 4.98 Å². The van der Waals surface area contributed by atoms with Crippen LogP contribution in [0.15, 0.2) is 4.79 Å². The van der Waals surface area contributed by atoms with E-state index in [1.807, 2.05) is 0 Å². The second-order valence-corrected chi connectivity index (χ2v) is 5.55. The molecule has 0 aliphatic rings. The molecule has 0 radical (unpaired) electrons. The molecule has 0 aromatic carbocycles. The molecule has 0 bridgehead atoms. The number of H-pyrrole nitrogens is 1. The van der Waals surface area contributed by atoms with Gasteiger partial charge in [0.05, 0.1) is 5.69 Å². The fraction of sp³-hybridized carbons (Fsp3) is 0.765. The lowest BCUT2D eigenvalue weighted by molar-refractivity contribution is 0.684. The first-order valence-electron chi connectivity index (χ1n) is 8.54. The molecule has 4 nitrogen and oxygen atoms in total. The van der Waals surface area contributed by atoms with E-state index in [1.165, 1.54) is 12.8 Å². The van der Waals surface area contributed by atoms with Crippen molar-refractivity contribution in [3.05, 3.63) is 21.6 Å². The summed E-state index contributed by atoms with van der Waals surface area (Å²) >= 11 is 0. The number of rotatable bonds is 10. The minimum Gasteiger partial charge on any atom is -0.343 e. The van der Waals surface area contributed by atoms with Gasteiger partial charge in [-0.2, -0.15) is 0 Å². The first-order chi connectivity index (χ1) is 10.2. The van der Waals surface area contributed by atoms with Gasteiger partial charge >= 0.3 is 0 Å². The second-order valence-electron chi connectivity index (χ2n) is 5.55. The molecule has 21 heavy (non-hydrogen) atoms. The van der Waals surface area contributed by atoms with Crippen LogP contribution in [0.25, 0.3) is 0 Å². The highest BCUT2D eigenvalue weighted by Crippen LogP contribution is 2.14. The summed E-state index contributed by atoms with van der Waals surface area (Å²) in [5.41, 5.74) is 1.98. The molecule has 0 saturated heterocycles. The largest absolute Gasteiger partial charge is 0.343 e. The molecule has 1 aromatic rings. The Balaban J connectivity index is 3.08. The summed E-state index contributed by atoms with van der Waals surface area (Å²) in [5.74, 6) is 0.733. The summed E-state index contributed by atoms with van der Waals surface area (Å²) in [6.07, 6.45) is 7.42.